The predicted octanol–water partition coefficient (Wildman–Crippen LogP) is 1.00. The van der Waals surface area contributed by atoms with Gasteiger partial charge in [-0.1, -0.05) is 0 Å². The zero-order valence-electron chi connectivity index (χ0n) is 8.53. The van der Waals surface area contributed by atoms with Gasteiger partial charge in [0.2, 0.25) is 5.95 Å². The summed E-state index contributed by atoms with van der Waals surface area (Å²) in [5.41, 5.74) is 5.56. The molecule has 7 heteroatoms. The third kappa shape index (κ3) is 4.57. The molecule has 84 valence electrons. The van der Waals surface area contributed by atoms with Crippen molar-refractivity contribution < 1.29 is 4.21 Å². The average Bonchev–Trinajstić information content (AvgIpc) is 1.98. The van der Waals surface area contributed by atoms with Gasteiger partial charge in [0.05, 0.1) is 0 Å². The van der Waals surface area contributed by atoms with Gasteiger partial charge in [-0.25, -0.2) is 4.98 Å². The highest BCUT2D eigenvalue weighted by Crippen LogP contribution is 2.12. The summed E-state index contributed by atoms with van der Waals surface area (Å²) in [5, 5.41) is 3.03. The third-order valence-corrected chi connectivity index (χ3v) is 2.95. The van der Waals surface area contributed by atoms with Crippen molar-refractivity contribution in [2.24, 2.45) is 0 Å². The molecule has 1 rings (SSSR count). The van der Waals surface area contributed by atoms with E-state index in [1.165, 1.54) is 0 Å². The lowest BCUT2D eigenvalue weighted by Gasteiger charge is -2.12. The molecule has 0 aliphatic rings. The minimum absolute atomic E-state index is 0.0459. The molecule has 0 radical (unpaired) electrons. The topological polar surface area (TPSA) is 80.9 Å². The van der Waals surface area contributed by atoms with E-state index in [0.29, 0.717) is 22.1 Å². The van der Waals surface area contributed by atoms with Gasteiger partial charge >= 0.3 is 0 Å². The van der Waals surface area contributed by atoms with Crippen molar-refractivity contribution in [3.63, 3.8) is 0 Å². The fourth-order valence-corrected chi connectivity index (χ4v) is 2.30. The summed E-state index contributed by atoms with van der Waals surface area (Å²) in [7, 11) is -0.841. The van der Waals surface area contributed by atoms with E-state index < -0.39 is 10.8 Å². The van der Waals surface area contributed by atoms with E-state index >= 15 is 0 Å². The van der Waals surface area contributed by atoms with E-state index in [9.17, 15) is 4.21 Å². The first kappa shape index (κ1) is 12.4. The average molecular weight is 293 g/mol. The van der Waals surface area contributed by atoms with Crippen LogP contribution in [0.5, 0.6) is 0 Å². The molecule has 0 aliphatic carbocycles. The minimum Gasteiger partial charge on any atom is -0.383 e. The molecule has 0 aliphatic heterocycles. The standard InChI is InChI=1S/C8H13BrN4OS/c1-5(4-15(2)14)11-8-12-6(9)3-7(10)13-8/h3,5H,4H2,1-2H3,(H3,10,11,12,13). The molecular weight excluding hydrogens is 280 g/mol. The number of aromatic nitrogens is 2. The van der Waals surface area contributed by atoms with Crippen molar-refractivity contribution in [1.82, 2.24) is 9.97 Å². The van der Waals surface area contributed by atoms with Crippen molar-refractivity contribution in [1.29, 1.82) is 0 Å². The highest BCUT2D eigenvalue weighted by molar-refractivity contribution is 9.10. The zero-order valence-corrected chi connectivity index (χ0v) is 10.9. The summed E-state index contributed by atoms with van der Waals surface area (Å²) in [6.45, 7) is 1.92. The van der Waals surface area contributed by atoms with E-state index in [0.717, 1.165) is 0 Å². The van der Waals surface area contributed by atoms with Crippen LogP contribution in [0.4, 0.5) is 11.8 Å². The van der Waals surface area contributed by atoms with Crippen LogP contribution in [-0.4, -0.2) is 32.2 Å². The SMILES string of the molecule is CC(CS(C)=O)Nc1nc(N)cc(Br)n1. The van der Waals surface area contributed by atoms with Gasteiger partial charge in [-0.2, -0.15) is 4.98 Å². The zero-order chi connectivity index (χ0) is 11.4. The molecule has 0 amide bonds. The van der Waals surface area contributed by atoms with Crippen LogP contribution < -0.4 is 11.1 Å². The quantitative estimate of drug-likeness (QED) is 0.809. The maximum Gasteiger partial charge on any atom is 0.225 e. The van der Waals surface area contributed by atoms with E-state index in [4.69, 9.17) is 5.73 Å². The van der Waals surface area contributed by atoms with Crippen molar-refractivity contribution in [3.8, 4) is 0 Å². The number of nitrogens with two attached hydrogens (primary N) is 1. The van der Waals surface area contributed by atoms with Crippen molar-refractivity contribution in [2.45, 2.75) is 13.0 Å². The van der Waals surface area contributed by atoms with Gasteiger partial charge in [-0.3, -0.25) is 4.21 Å². The molecule has 0 spiro atoms. The largest absolute Gasteiger partial charge is 0.383 e. The van der Waals surface area contributed by atoms with Crippen molar-refractivity contribution in [2.75, 3.05) is 23.1 Å². The van der Waals surface area contributed by atoms with Gasteiger partial charge in [-0.05, 0) is 22.9 Å². The van der Waals surface area contributed by atoms with Gasteiger partial charge in [-0.15, -0.1) is 0 Å². The molecule has 0 saturated carbocycles. The van der Waals surface area contributed by atoms with Crippen LogP contribution >= 0.6 is 15.9 Å². The van der Waals surface area contributed by atoms with Crippen LogP contribution in [-0.2, 0) is 10.8 Å². The van der Waals surface area contributed by atoms with E-state index in [-0.39, 0.29) is 6.04 Å². The van der Waals surface area contributed by atoms with Crippen LogP contribution in [0, 0.1) is 0 Å². The maximum atomic E-state index is 11.0. The van der Waals surface area contributed by atoms with Gasteiger partial charge in [0.15, 0.2) is 0 Å². The Kier molecular flexibility index (Phi) is 4.46. The Morgan fingerprint density at radius 1 is 1.67 bits per heavy atom. The molecule has 1 aromatic rings. The summed E-state index contributed by atoms with van der Waals surface area (Å²) in [6.07, 6.45) is 1.66. The molecule has 3 N–H and O–H groups in total. The first-order valence-electron chi connectivity index (χ1n) is 4.34. The summed E-state index contributed by atoms with van der Waals surface area (Å²) < 4.78 is 11.6. The Labute approximate surface area is 99.5 Å². The highest BCUT2D eigenvalue weighted by Gasteiger charge is 2.07. The number of nitrogens with one attached hydrogen (secondary N) is 1. The van der Waals surface area contributed by atoms with Crippen LogP contribution in [0.2, 0.25) is 0 Å². The second kappa shape index (κ2) is 5.41. The number of hydrogen-bond acceptors (Lipinski definition) is 5. The second-order valence-corrected chi connectivity index (χ2v) is 5.52. The van der Waals surface area contributed by atoms with Crippen LogP contribution in [0.25, 0.3) is 0 Å². The third-order valence-electron chi connectivity index (χ3n) is 1.57. The second-order valence-electron chi connectivity index (χ2n) is 3.22. The van der Waals surface area contributed by atoms with Crippen LogP contribution in [0.1, 0.15) is 6.92 Å². The highest BCUT2D eigenvalue weighted by atomic mass is 79.9. The van der Waals surface area contributed by atoms with Crippen LogP contribution in [0.3, 0.4) is 0 Å². The van der Waals surface area contributed by atoms with E-state index in [2.05, 4.69) is 31.2 Å². The summed E-state index contributed by atoms with van der Waals surface area (Å²) in [6, 6.07) is 1.66. The fraction of sp³-hybridized carbons (Fsp3) is 0.500. The minimum atomic E-state index is -0.841. The Balaban J connectivity index is 2.67. The number of rotatable bonds is 4. The van der Waals surface area contributed by atoms with Gasteiger partial charge in [0, 0.05) is 34.9 Å². The molecule has 0 fully saturated rings. The van der Waals surface area contributed by atoms with Gasteiger partial charge < -0.3 is 11.1 Å². The fourth-order valence-electron chi connectivity index (χ4n) is 1.11. The van der Waals surface area contributed by atoms with E-state index in [1.807, 2.05) is 6.92 Å². The molecule has 0 saturated heterocycles. The first-order chi connectivity index (χ1) is 6.97. The number of nitrogen functional groups attached to an aromatic ring is 1. The van der Waals surface area contributed by atoms with E-state index in [1.54, 1.807) is 12.3 Å². The lowest BCUT2D eigenvalue weighted by atomic mass is 10.4. The predicted molar refractivity (Wildman–Crippen MR) is 66.2 cm³/mol. The Hall–Kier alpha value is -0.690. The Morgan fingerprint density at radius 3 is 2.87 bits per heavy atom. The number of halogens is 1. The molecule has 5 nitrogen and oxygen atoms in total. The van der Waals surface area contributed by atoms with Crippen LogP contribution in [0.15, 0.2) is 10.7 Å². The summed E-state index contributed by atoms with van der Waals surface area (Å²) in [4.78, 5) is 8.10. The normalized spacial score (nSPS) is 14.6. The Bertz CT molecular complexity index is 353. The molecular formula is C8H13BrN4OS. The monoisotopic (exact) mass is 292 g/mol. The molecule has 0 aromatic carbocycles. The summed E-state index contributed by atoms with van der Waals surface area (Å²) >= 11 is 3.22. The number of hydrogen-bond donors (Lipinski definition) is 2. The maximum absolute atomic E-state index is 11.0. The molecule has 1 heterocycles. The molecule has 2 unspecified atom stereocenters. The van der Waals surface area contributed by atoms with Crippen molar-refractivity contribution in [3.05, 3.63) is 10.7 Å². The first-order valence-corrected chi connectivity index (χ1v) is 6.86. The lowest BCUT2D eigenvalue weighted by Crippen LogP contribution is -2.23. The number of nitrogens with zero attached hydrogens (tertiary/aromatic N) is 2. The molecule has 15 heavy (non-hydrogen) atoms. The smallest absolute Gasteiger partial charge is 0.225 e. The summed E-state index contributed by atoms with van der Waals surface area (Å²) in [5.74, 6) is 1.39. The molecule has 0 bridgehead atoms. The van der Waals surface area contributed by atoms with Crippen molar-refractivity contribution >= 4 is 38.5 Å². The Morgan fingerprint density at radius 2 is 2.33 bits per heavy atom. The number of anilines is 2. The lowest BCUT2D eigenvalue weighted by molar-refractivity contribution is 0.682. The van der Waals surface area contributed by atoms with Gasteiger partial charge in [0.1, 0.15) is 10.4 Å². The van der Waals surface area contributed by atoms with Gasteiger partial charge in [0.25, 0.3) is 0 Å². The molecule has 1 aromatic heterocycles. The molecule has 2 atom stereocenters.